The molecule has 0 aliphatic carbocycles. The van der Waals surface area contributed by atoms with Crippen molar-refractivity contribution in [1.29, 1.82) is 0 Å². The van der Waals surface area contributed by atoms with E-state index in [1.807, 2.05) is 18.2 Å². The number of carbonyl (C=O) groups is 1. The lowest BCUT2D eigenvalue weighted by atomic mass is 10.1. The molecule has 0 aliphatic rings. The Kier molecular flexibility index (Phi) is 5.11. The molecule has 26 heavy (non-hydrogen) atoms. The monoisotopic (exact) mass is 353 g/mol. The van der Waals surface area contributed by atoms with Crippen molar-refractivity contribution in [2.24, 2.45) is 0 Å². The quantitative estimate of drug-likeness (QED) is 0.730. The number of nitrogens with one attached hydrogen (secondary N) is 1. The molecular weight excluding hydrogens is 330 g/mol. The van der Waals surface area contributed by atoms with Crippen LogP contribution in [0.25, 0.3) is 11.0 Å². The number of aromatic nitrogens is 2. The Morgan fingerprint density at radius 3 is 2.50 bits per heavy atom. The summed E-state index contributed by atoms with van der Waals surface area (Å²) in [6, 6.07) is 10.9. The molecule has 0 bridgehead atoms. The van der Waals surface area contributed by atoms with Gasteiger partial charge in [0.2, 0.25) is 0 Å². The van der Waals surface area contributed by atoms with Gasteiger partial charge in [0.25, 0.3) is 5.91 Å². The minimum Gasteiger partial charge on any atom is -0.493 e. The van der Waals surface area contributed by atoms with Gasteiger partial charge in [-0.1, -0.05) is 6.92 Å². The number of methoxy groups -OCH3 is 2. The molecule has 6 nitrogen and oxygen atoms in total. The fourth-order valence-electron chi connectivity index (χ4n) is 3.06. The molecule has 3 rings (SSSR count). The highest BCUT2D eigenvalue weighted by Crippen LogP contribution is 2.28. The Bertz CT molecular complexity index is 947. The molecule has 0 saturated heterocycles. The van der Waals surface area contributed by atoms with Gasteiger partial charge in [-0.25, -0.2) is 4.98 Å². The molecule has 0 fully saturated rings. The summed E-state index contributed by atoms with van der Waals surface area (Å²) >= 11 is 0. The third-order valence-electron chi connectivity index (χ3n) is 4.36. The standard InChI is InChI=1S/C20H23N3O3/c1-5-19-22-15-12-14(8-9-16(15)23(19)6-2)21-20(24)13-7-10-17(25-3)18(11-13)26-4/h7-12H,5-6H2,1-4H3,(H,21,24). The van der Waals surface area contributed by atoms with Gasteiger partial charge in [0.15, 0.2) is 11.5 Å². The largest absolute Gasteiger partial charge is 0.493 e. The molecule has 6 heteroatoms. The van der Waals surface area contributed by atoms with Gasteiger partial charge in [-0.2, -0.15) is 0 Å². The van der Waals surface area contributed by atoms with Crippen LogP contribution in [0.5, 0.6) is 11.5 Å². The first-order chi connectivity index (χ1) is 12.6. The maximum atomic E-state index is 12.6. The van der Waals surface area contributed by atoms with Crippen molar-refractivity contribution >= 4 is 22.6 Å². The highest BCUT2D eigenvalue weighted by atomic mass is 16.5. The van der Waals surface area contributed by atoms with Gasteiger partial charge in [0.05, 0.1) is 25.3 Å². The van der Waals surface area contributed by atoms with Crippen LogP contribution < -0.4 is 14.8 Å². The van der Waals surface area contributed by atoms with E-state index < -0.39 is 0 Å². The van der Waals surface area contributed by atoms with E-state index in [9.17, 15) is 4.79 Å². The topological polar surface area (TPSA) is 65.4 Å². The first-order valence-electron chi connectivity index (χ1n) is 8.63. The molecule has 0 unspecified atom stereocenters. The zero-order valence-corrected chi connectivity index (χ0v) is 15.5. The Balaban J connectivity index is 1.87. The molecule has 0 spiro atoms. The van der Waals surface area contributed by atoms with E-state index in [2.05, 4.69) is 28.7 Å². The summed E-state index contributed by atoms with van der Waals surface area (Å²) in [4.78, 5) is 17.2. The number of ether oxygens (including phenoxy) is 2. The number of aryl methyl sites for hydroxylation is 2. The second-order valence-corrected chi connectivity index (χ2v) is 5.85. The van der Waals surface area contributed by atoms with E-state index in [1.165, 1.54) is 0 Å². The minimum atomic E-state index is -0.212. The van der Waals surface area contributed by atoms with E-state index in [4.69, 9.17) is 9.47 Å². The maximum Gasteiger partial charge on any atom is 0.255 e. The zero-order chi connectivity index (χ0) is 18.7. The average molecular weight is 353 g/mol. The molecule has 136 valence electrons. The van der Waals surface area contributed by atoms with Crippen molar-refractivity contribution in [3.63, 3.8) is 0 Å². The average Bonchev–Trinajstić information content (AvgIpc) is 3.04. The SMILES string of the molecule is CCc1nc2cc(NC(=O)c3ccc(OC)c(OC)c3)ccc2n1CC. The Morgan fingerprint density at radius 2 is 1.85 bits per heavy atom. The number of hydrogen-bond donors (Lipinski definition) is 1. The van der Waals surface area contributed by atoms with Crippen molar-refractivity contribution in [1.82, 2.24) is 9.55 Å². The van der Waals surface area contributed by atoms with Crippen LogP contribution in [-0.4, -0.2) is 29.7 Å². The second kappa shape index (κ2) is 7.47. The van der Waals surface area contributed by atoms with Crippen LogP contribution in [0.4, 0.5) is 5.69 Å². The lowest BCUT2D eigenvalue weighted by Gasteiger charge is -2.10. The molecule has 2 aromatic carbocycles. The lowest BCUT2D eigenvalue weighted by molar-refractivity contribution is 0.102. The molecule has 1 heterocycles. The van der Waals surface area contributed by atoms with Crippen molar-refractivity contribution in [3.05, 3.63) is 47.8 Å². The summed E-state index contributed by atoms with van der Waals surface area (Å²) in [7, 11) is 3.11. The van der Waals surface area contributed by atoms with Crippen molar-refractivity contribution in [2.75, 3.05) is 19.5 Å². The van der Waals surface area contributed by atoms with Crippen LogP contribution in [0.3, 0.4) is 0 Å². The zero-order valence-electron chi connectivity index (χ0n) is 15.5. The van der Waals surface area contributed by atoms with E-state index in [1.54, 1.807) is 32.4 Å². The first kappa shape index (κ1) is 17.8. The van der Waals surface area contributed by atoms with Gasteiger partial charge < -0.3 is 19.4 Å². The third kappa shape index (κ3) is 3.22. The summed E-state index contributed by atoms with van der Waals surface area (Å²) in [5.74, 6) is 1.94. The summed E-state index contributed by atoms with van der Waals surface area (Å²) in [6.07, 6.45) is 0.871. The number of benzene rings is 2. The van der Waals surface area contributed by atoms with Crippen molar-refractivity contribution in [3.8, 4) is 11.5 Å². The van der Waals surface area contributed by atoms with Crippen LogP contribution in [-0.2, 0) is 13.0 Å². The normalized spacial score (nSPS) is 10.8. The van der Waals surface area contributed by atoms with E-state index in [0.29, 0.717) is 22.7 Å². The fourth-order valence-corrected chi connectivity index (χ4v) is 3.06. The maximum absolute atomic E-state index is 12.6. The summed E-state index contributed by atoms with van der Waals surface area (Å²) in [5, 5.41) is 2.92. The number of anilines is 1. The number of hydrogen-bond acceptors (Lipinski definition) is 4. The van der Waals surface area contributed by atoms with Crippen LogP contribution in [0, 0.1) is 0 Å². The smallest absolute Gasteiger partial charge is 0.255 e. The molecule has 1 amide bonds. The lowest BCUT2D eigenvalue weighted by Crippen LogP contribution is -2.12. The van der Waals surface area contributed by atoms with Gasteiger partial charge in [-0.15, -0.1) is 0 Å². The van der Waals surface area contributed by atoms with Crippen LogP contribution >= 0.6 is 0 Å². The van der Waals surface area contributed by atoms with Gasteiger partial charge in [0, 0.05) is 24.2 Å². The first-order valence-corrected chi connectivity index (χ1v) is 8.63. The number of carbonyl (C=O) groups excluding carboxylic acids is 1. The summed E-state index contributed by atoms with van der Waals surface area (Å²) < 4.78 is 12.7. The third-order valence-corrected chi connectivity index (χ3v) is 4.36. The minimum absolute atomic E-state index is 0.212. The summed E-state index contributed by atoms with van der Waals surface area (Å²) in [6.45, 7) is 5.07. The van der Waals surface area contributed by atoms with Crippen LogP contribution in [0.1, 0.15) is 30.0 Å². The van der Waals surface area contributed by atoms with Gasteiger partial charge in [0.1, 0.15) is 5.82 Å². The van der Waals surface area contributed by atoms with E-state index >= 15 is 0 Å². The number of amides is 1. The Morgan fingerprint density at radius 1 is 1.08 bits per heavy atom. The van der Waals surface area contributed by atoms with E-state index in [-0.39, 0.29) is 5.91 Å². The van der Waals surface area contributed by atoms with Gasteiger partial charge in [-0.3, -0.25) is 4.79 Å². The number of nitrogens with zero attached hydrogens (tertiary/aromatic N) is 2. The van der Waals surface area contributed by atoms with Crippen LogP contribution in [0.15, 0.2) is 36.4 Å². The molecule has 0 aliphatic heterocycles. The van der Waals surface area contributed by atoms with Crippen molar-refractivity contribution in [2.45, 2.75) is 26.8 Å². The fraction of sp³-hybridized carbons (Fsp3) is 0.300. The molecule has 1 N–H and O–H groups in total. The van der Waals surface area contributed by atoms with Gasteiger partial charge in [-0.05, 0) is 43.3 Å². The second-order valence-electron chi connectivity index (χ2n) is 5.85. The molecular formula is C20H23N3O3. The molecule has 3 aromatic rings. The highest BCUT2D eigenvalue weighted by Gasteiger charge is 2.13. The number of imidazole rings is 1. The molecule has 1 aromatic heterocycles. The Hall–Kier alpha value is -3.02. The molecule has 0 saturated carbocycles. The van der Waals surface area contributed by atoms with E-state index in [0.717, 1.165) is 29.8 Å². The van der Waals surface area contributed by atoms with Crippen LogP contribution in [0.2, 0.25) is 0 Å². The predicted octanol–water partition coefficient (Wildman–Crippen LogP) is 3.89. The highest BCUT2D eigenvalue weighted by molar-refractivity contribution is 6.05. The van der Waals surface area contributed by atoms with Crippen molar-refractivity contribution < 1.29 is 14.3 Å². The number of rotatable bonds is 6. The number of fused-ring (bicyclic) bond motifs is 1. The summed E-state index contributed by atoms with van der Waals surface area (Å²) in [5.41, 5.74) is 3.17. The Labute approximate surface area is 152 Å². The molecule has 0 atom stereocenters. The predicted molar refractivity (Wildman–Crippen MR) is 102 cm³/mol. The molecule has 0 radical (unpaired) electrons. The van der Waals surface area contributed by atoms with Gasteiger partial charge >= 0.3 is 0 Å².